The van der Waals surface area contributed by atoms with Gasteiger partial charge in [0, 0.05) is 24.4 Å². The van der Waals surface area contributed by atoms with Gasteiger partial charge in [-0.15, -0.1) is 0 Å². The first kappa shape index (κ1) is 21.7. The zero-order chi connectivity index (χ0) is 22.2. The lowest BCUT2D eigenvalue weighted by Gasteiger charge is -2.23. The van der Waals surface area contributed by atoms with Gasteiger partial charge in [-0.1, -0.05) is 24.3 Å². The summed E-state index contributed by atoms with van der Waals surface area (Å²) in [7, 11) is -3.21. The van der Waals surface area contributed by atoms with Gasteiger partial charge in [0.25, 0.3) is 0 Å². The normalized spacial score (nSPS) is 18.4. The van der Waals surface area contributed by atoms with Crippen LogP contribution in [-0.2, 0) is 9.84 Å². The number of oxazole rings is 1. The van der Waals surface area contributed by atoms with Crippen molar-refractivity contribution in [2.45, 2.75) is 43.7 Å². The molecule has 0 aliphatic carbocycles. The van der Waals surface area contributed by atoms with Crippen molar-refractivity contribution >= 4 is 9.84 Å². The Balaban J connectivity index is 1.51. The van der Waals surface area contributed by atoms with Gasteiger partial charge in [-0.2, -0.15) is 0 Å². The third kappa shape index (κ3) is 4.74. The van der Waals surface area contributed by atoms with Crippen molar-refractivity contribution in [1.29, 1.82) is 0 Å². The second-order valence-corrected chi connectivity index (χ2v) is 10.4. The molecule has 7 heteroatoms. The van der Waals surface area contributed by atoms with Crippen molar-refractivity contribution in [2.24, 2.45) is 0 Å². The van der Waals surface area contributed by atoms with E-state index in [1.54, 1.807) is 24.3 Å². The van der Waals surface area contributed by atoms with Crippen molar-refractivity contribution < 1.29 is 17.9 Å². The lowest BCUT2D eigenvalue weighted by Crippen LogP contribution is -2.31. The van der Waals surface area contributed by atoms with Crippen LogP contribution < -0.4 is 0 Å². The zero-order valence-electron chi connectivity index (χ0n) is 18.1. The van der Waals surface area contributed by atoms with E-state index in [1.165, 1.54) is 19.1 Å². The number of likely N-dealkylation sites (tertiary alicyclic amines) is 1. The number of benzene rings is 2. The smallest absolute Gasteiger partial charge is 0.226 e. The quantitative estimate of drug-likeness (QED) is 0.617. The number of rotatable bonds is 6. The number of aromatic nitrogens is 1. The molecule has 0 bridgehead atoms. The van der Waals surface area contributed by atoms with E-state index in [0.29, 0.717) is 34.8 Å². The van der Waals surface area contributed by atoms with Gasteiger partial charge in [-0.25, -0.2) is 13.4 Å². The minimum absolute atomic E-state index is 0.303. The van der Waals surface area contributed by atoms with Crippen molar-refractivity contribution in [1.82, 2.24) is 9.88 Å². The number of hydrogen-bond acceptors (Lipinski definition) is 6. The molecule has 1 N–H and O–H groups in total. The number of aliphatic hydroxyl groups is 1. The lowest BCUT2D eigenvalue weighted by atomic mass is 10.0. The molecule has 2 aromatic carbocycles. The fourth-order valence-corrected chi connectivity index (χ4v) is 4.74. The number of hydrogen-bond donors (Lipinski definition) is 1. The van der Waals surface area contributed by atoms with Crippen molar-refractivity contribution in [3.63, 3.8) is 0 Å². The highest BCUT2D eigenvalue weighted by Gasteiger charge is 2.26. The molecule has 0 radical (unpaired) electrons. The second-order valence-electron chi connectivity index (χ2n) is 8.34. The van der Waals surface area contributed by atoms with Crippen LogP contribution in [0.4, 0.5) is 0 Å². The largest absolute Gasteiger partial charge is 0.441 e. The first-order valence-corrected chi connectivity index (χ1v) is 12.4. The Hall–Kier alpha value is -2.48. The van der Waals surface area contributed by atoms with E-state index < -0.39 is 15.9 Å². The lowest BCUT2D eigenvalue weighted by molar-refractivity contribution is 0.106. The van der Waals surface area contributed by atoms with Crippen LogP contribution in [0.1, 0.15) is 37.3 Å². The molecule has 3 aromatic rings. The van der Waals surface area contributed by atoms with Crippen LogP contribution in [0.2, 0.25) is 0 Å². The van der Waals surface area contributed by atoms with Gasteiger partial charge in [0.15, 0.2) is 9.84 Å². The highest BCUT2D eigenvalue weighted by molar-refractivity contribution is 7.90. The van der Waals surface area contributed by atoms with Gasteiger partial charge in [-0.05, 0) is 68.6 Å². The summed E-state index contributed by atoms with van der Waals surface area (Å²) in [4.78, 5) is 7.18. The summed E-state index contributed by atoms with van der Waals surface area (Å²) in [5, 5.41) is 10.7. The Labute approximate surface area is 183 Å². The number of aliphatic hydroxyl groups excluding tert-OH is 1. The number of sulfone groups is 1. The van der Waals surface area contributed by atoms with Gasteiger partial charge >= 0.3 is 0 Å². The number of β-amino-alcohol motifs (C(OH)–C–C–N with tert-alkyl or cyclic N) is 1. The SMILES string of the molecule is Cc1oc(-c2ccc(-c3ccc(S(C)(=O)=O)cc3)cc2)nc1C(O)CN1CCC[C@H]1C. The van der Waals surface area contributed by atoms with Crippen molar-refractivity contribution in [2.75, 3.05) is 19.3 Å². The fraction of sp³-hybridized carbons (Fsp3) is 0.375. The monoisotopic (exact) mass is 440 g/mol. The van der Waals surface area contributed by atoms with Crippen molar-refractivity contribution in [3.05, 3.63) is 60.0 Å². The zero-order valence-corrected chi connectivity index (χ0v) is 18.9. The first-order valence-electron chi connectivity index (χ1n) is 10.5. The Kier molecular flexibility index (Phi) is 6.01. The molecule has 6 nitrogen and oxygen atoms in total. The molecular weight excluding hydrogens is 412 g/mol. The molecule has 2 atom stereocenters. The van der Waals surface area contributed by atoms with Crippen LogP contribution in [0.5, 0.6) is 0 Å². The molecule has 1 fully saturated rings. The highest BCUT2D eigenvalue weighted by Crippen LogP contribution is 2.29. The van der Waals surface area contributed by atoms with E-state index in [-0.39, 0.29) is 0 Å². The predicted molar refractivity (Wildman–Crippen MR) is 120 cm³/mol. The fourth-order valence-electron chi connectivity index (χ4n) is 4.11. The molecule has 31 heavy (non-hydrogen) atoms. The summed E-state index contributed by atoms with van der Waals surface area (Å²) < 4.78 is 29.1. The van der Waals surface area contributed by atoms with Gasteiger partial charge in [0.05, 0.1) is 4.90 Å². The maximum atomic E-state index is 11.6. The standard InChI is InChI=1S/C24H28N2O4S/c1-16-5-4-14-26(16)15-22(27)23-17(2)30-24(25-23)20-8-6-18(7-9-20)19-10-12-21(13-11-19)31(3,28)29/h6-13,16,22,27H,4-5,14-15H2,1-3H3/t16-,22?/m1/s1. The van der Waals surface area contributed by atoms with Crippen LogP contribution in [0.3, 0.4) is 0 Å². The minimum atomic E-state index is -3.21. The third-order valence-electron chi connectivity index (χ3n) is 5.99. The molecule has 0 saturated carbocycles. The van der Waals surface area contributed by atoms with Crippen LogP contribution in [0, 0.1) is 6.92 Å². The summed E-state index contributed by atoms with van der Waals surface area (Å²) in [6.07, 6.45) is 2.86. The summed E-state index contributed by atoms with van der Waals surface area (Å²) in [6.45, 7) is 5.60. The first-order chi connectivity index (χ1) is 14.7. The van der Waals surface area contributed by atoms with Crippen LogP contribution in [0.25, 0.3) is 22.6 Å². The van der Waals surface area contributed by atoms with Gasteiger partial charge in [-0.3, -0.25) is 4.90 Å². The summed E-state index contributed by atoms with van der Waals surface area (Å²) in [5.41, 5.74) is 3.32. The molecule has 1 aliphatic heterocycles. The molecule has 1 aromatic heterocycles. The van der Waals surface area contributed by atoms with E-state index in [2.05, 4.69) is 16.8 Å². The Morgan fingerprint density at radius 2 is 1.68 bits per heavy atom. The molecule has 164 valence electrons. The molecule has 1 unspecified atom stereocenters. The highest BCUT2D eigenvalue weighted by atomic mass is 32.2. The van der Waals surface area contributed by atoms with Crippen LogP contribution in [0.15, 0.2) is 57.8 Å². The molecule has 4 rings (SSSR count). The summed E-state index contributed by atoms with van der Waals surface area (Å²) in [5.74, 6) is 1.12. The molecule has 1 saturated heterocycles. The molecule has 0 amide bonds. The Bertz CT molecular complexity index is 1150. The third-order valence-corrected chi connectivity index (χ3v) is 7.12. The van der Waals surface area contributed by atoms with Gasteiger partial charge in [0.2, 0.25) is 5.89 Å². The Morgan fingerprint density at radius 1 is 1.10 bits per heavy atom. The molecular formula is C24H28N2O4S. The topological polar surface area (TPSA) is 83.6 Å². The van der Waals surface area contributed by atoms with E-state index in [1.807, 2.05) is 31.2 Å². The minimum Gasteiger partial charge on any atom is -0.441 e. The van der Waals surface area contributed by atoms with E-state index in [0.717, 1.165) is 23.2 Å². The number of nitrogens with zero attached hydrogens (tertiary/aromatic N) is 2. The van der Waals surface area contributed by atoms with Crippen LogP contribution in [-0.4, -0.2) is 48.8 Å². The average molecular weight is 441 g/mol. The van der Waals surface area contributed by atoms with Gasteiger partial charge in [0.1, 0.15) is 17.6 Å². The van der Waals surface area contributed by atoms with E-state index in [9.17, 15) is 13.5 Å². The molecule has 2 heterocycles. The van der Waals surface area contributed by atoms with Crippen LogP contribution >= 0.6 is 0 Å². The predicted octanol–water partition coefficient (Wildman–Crippen LogP) is 4.24. The molecule has 1 aliphatic rings. The second kappa shape index (κ2) is 8.57. The van der Waals surface area contributed by atoms with Gasteiger partial charge < -0.3 is 9.52 Å². The maximum Gasteiger partial charge on any atom is 0.226 e. The number of aryl methyl sites for hydroxylation is 1. The van der Waals surface area contributed by atoms with E-state index >= 15 is 0 Å². The Morgan fingerprint density at radius 3 is 2.23 bits per heavy atom. The van der Waals surface area contributed by atoms with Crippen molar-refractivity contribution in [3.8, 4) is 22.6 Å². The molecule has 0 spiro atoms. The summed E-state index contributed by atoms with van der Waals surface area (Å²) >= 11 is 0. The maximum absolute atomic E-state index is 11.6. The van der Waals surface area contributed by atoms with E-state index in [4.69, 9.17) is 4.42 Å². The average Bonchev–Trinajstić information content (AvgIpc) is 3.33. The summed E-state index contributed by atoms with van der Waals surface area (Å²) in [6, 6.07) is 15.1.